The van der Waals surface area contributed by atoms with Crippen molar-refractivity contribution in [2.24, 2.45) is 11.8 Å². The van der Waals surface area contributed by atoms with Gasteiger partial charge in [0.25, 0.3) is 0 Å². The summed E-state index contributed by atoms with van der Waals surface area (Å²) >= 11 is 0. The molecule has 6 nitrogen and oxygen atoms in total. The Morgan fingerprint density at radius 2 is 1.97 bits per heavy atom. The maximum Gasteiger partial charge on any atom is 0.240 e. The van der Waals surface area contributed by atoms with Crippen LogP contribution in [-0.2, 0) is 21.4 Å². The monoisotopic (exact) mass is 480 g/mol. The van der Waals surface area contributed by atoms with Gasteiger partial charge < -0.3 is 4.74 Å². The number of ketones is 1. The predicted octanol–water partition coefficient (Wildman–Crippen LogP) is 4.92. The molecule has 180 valence electrons. The van der Waals surface area contributed by atoms with Gasteiger partial charge >= 0.3 is 0 Å². The molecule has 3 heterocycles. The molecule has 2 saturated carbocycles. The second-order valence-corrected chi connectivity index (χ2v) is 10.9. The third-order valence-corrected chi connectivity index (χ3v) is 8.87. The van der Waals surface area contributed by atoms with Gasteiger partial charge in [-0.25, -0.2) is 14.4 Å². The van der Waals surface area contributed by atoms with E-state index in [1.807, 2.05) is 25.1 Å². The van der Waals surface area contributed by atoms with E-state index in [9.17, 15) is 10.1 Å². The highest BCUT2D eigenvalue weighted by molar-refractivity contribution is 5.97. The zero-order valence-electron chi connectivity index (χ0n) is 20.2. The third kappa shape index (κ3) is 2.79. The van der Waals surface area contributed by atoms with Crippen molar-refractivity contribution in [3.8, 4) is 28.7 Å². The molecule has 0 amide bonds. The van der Waals surface area contributed by atoms with Crippen LogP contribution in [0.5, 0.6) is 0 Å². The molecule has 1 saturated heterocycles. The average molecular weight is 481 g/mol. The number of carbonyl (C=O) groups is 1. The Hall–Kier alpha value is -3.50. The van der Waals surface area contributed by atoms with Crippen LogP contribution in [0.1, 0.15) is 56.0 Å². The zero-order valence-corrected chi connectivity index (χ0v) is 20.2. The fraction of sp³-hybridized carbons (Fsp3) is 0.414. The van der Waals surface area contributed by atoms with Gasteiger partial charge in [-0.3, -0.25) is 9.78 Å². The first-order valence-electron chi connectivity index (χ1n) is 12.6. The van der Waals surface area contributed by atoms with Crippen molar-refractivity contribution >= 4 is 5.78 Å². The van der Waals surface area contributed by atoms with Crippen molar-refractivity contribution in [2.45, 2.75) is 62.6 Å². The lowest BCUT2D eigenvalue weighted by Gasteiger charge is -2.47. The highest BCUT2D eigenvalue weighted by Gasteiger charge is 2.77. The number of nitrogens with zero attached hydrogens (tertiary/aromatic N) is 4. The number of hydrogen-bond acceptors (Lipinski definition) is 6. The van der Waals surface area contributed by atoms with Crippen molar-refractivity contribution in [3.05, 3.63) is 65.4 Å². The van der Waals surface area contributed by atoms with Gasteiger partial charge in [0.1, 0.15) is 18.0 Å². The minimum Gasteiger partial charge on any atom is -0.342 e. The summed E-state index contributed by atoms with van der Waals surface area (Å²) < 4.78 is 21.1. The Morgan fingerprint density at radius 1 is 1.17 bits per heavy atom. The number of hydrogen-bond donors (Lipinski definition) is 0. The highest BCUT2D eigenvalue weighted by Crippen LogP contribution is 2.62. The summed E-state index contributed by atoms with van der Waals surface area (Å²) in [6.07, 6.45) is 4.83. The molecular formula is C29H25FN4O2. The van der Waals surface area contributed by atoms with E-state index in [0.29, 0.717) is 29.4 Å². The molecule has 5 atom stereocenters. The first-order chi connectivity index (χ1) is 17.4. The summed E-state index contributed by atoms with van der Waals surface area (Å²) in [5.74, 6) is 0.142. The van der Waals surface area contributed by atoms with Crippen LogP contribution in [0.15, 0.2) is 42.6 Å². The fourth-order valence-corrected chi connectivity index (χ4v) is 6.77. The molecule has 36 heavy (non-hydrogen) atoms. The van der Waals surface area contributed by atoms with Gasteiger partial charge in [0.15, 0.2) is 11.6 Å². The fourth-order valence-electron chi connectivity index (χ4n) is 6.77. The largest absolute Gasteiger partial charge is 0.342 e. The van der Waals surface area contributed by atoms with Crippen LogP contribution in [-0.4, -0.2) is 32.4 Å². The zero-order chi connectivity index (χ0) is 24.8. The molecule has 0 spiro atoms. The molecule has 0 radical (unpaired) electrons. The maximum absolute atomic E-state index is 15.1. The number of rotatable bonds is 3. The summed E-state index contributed by atoms with van der Waals surface area (Å²) in [5.41, 5.74) is 2.43. The van der Waals surface area contributed by atoms with Gasteiger partial charge in [-0.15, -0.1) is 0 Å². The van der Waals surface area contributed by atoms with Crippen LogP contribution in [0.4, 0.5) is 4.39 Å². The van der Waals surface area contributed by atoms with Crippen LogP contribution in [0.25, 0.3) is 22.6 Å². The van der Waals surface area contributed by atoms with Gasteiger partial charge in [-0.05, 0) is 55.9 Å². The SMILES string of the molecule is C[C@H]1C(=O)[C@@]2(C#N)O[C@H]2[C@@]2(C)c3nc(-c4ccnc(C5CC5)c4)nc(-c4ccccc4F)c3CC[C@H]12. The molecule has 7 rings (SSSR count). The van der Waals surface area contributed by atoms with Crippen molar-refractivity contribution in [2.75, 3.05) is 0 Å². The molecule has 4 aliphatic rings. The topological polar surface area (TPSA) is 92.1 Å². The Morgan fingerprint density at radius 3 is 2.72 bits per heavy atom. The van der Waals surface area contributed by atoms with Gasteiger partial charge in [0.2, 0.25) is 5.60 Å². The van der Waals surface area contributed by atoms with Crippen LogP contribution in [0.3, 0.4) is 0 Å². The number of Topliss-reactive ketones (excluding diaryl/α,β-unsaturated/α-hetero) is 1. The molecular weight excluding hydrogens is 455 g/mol. The molecule has 3 aromatic rings. The van der Waals surface area contributed by atoms with Crippen molar-refractivity contribution in [1.29, 1.82) is 5.26 Å². The number of ether oxygens (including phenoxy) is 1. The van der Waals surface area contributed by atoms with E-state index in [0.717, 1.165) is 41.8 Å². The quantitative estimate of drug-likeness (QED) is 0.494. The smallest absolute Gasteiger partial charge is 0.240 e. The molecule has 7 heteroatoms. The summed E-state index contributed by atoms with van der Waals surface area (Å²) in [5, 5.41) is 9.94. The number of fused-ring (bicyclic) bond motifs is 5. The van der Waals surface area contributed by atoms with E-state index in [-0.39, 0.29) is 23.4 Å². The van der Waals surface area contributed by atoms with Gasteiger partial charge in [0, 0.05) is 45.8 Å². The van der Waals surface area contributed by atoms with E-state index in [2.05, 4.69) is 18.0 Å². The van der Waals surface area contributed by atoms with E-state index in [1.165, 1.54) is 6.07 Å². The first kappa shape index (κ1) is 21.8. The summed E-state index contributed by atoms with van der Waals surface area (Å²) in [6.45, 7) is 3.96. The number of benzene rings is 1. The Kier molecular flexibility index (Phi) is 4.39. The molecule has 3 aliphatic carbocycles. The average Bonchev–Trinajstić information content (AvgIpc) is 3.82. The van der Waals surface area contributed by atoms with E-state index in [4.69, 9.17) is 14.7 Å². The number of pyridine rings is 1. The normalized spacial score (nSPS) is 32.2. The molecule has 0 unspecified atom stereocenters. The summed E-state index contributed by atoms with van der Waals surface area (Å²) in [7, 11) is 0. The molecule has 2 aromatic heterocycles. The Balaban J connectivity index is 1.48. The van der Waals surface area contributed by atoms with Crippen LogP contribution < -0.4 is 0 Å². The lowest BCUT2D eigenvalue weighted by atomic mass is 9.54. The maximum atomic E-state index is 15.1. The molecule has 3 fully saturated rings. The summed E-state index contributed by atoms with van der Waals surface area (Å²) in [4.78, 5) is 27.7. The number of aromatic nitrogens is 3. The van der Waals surface area contributed by atoms with Crippen molar-refractivity contribution in [1.82, 2.24) is 15.0 Å². The lowest BCUT2D eigenvalue weighted by molar-refractivity contribution is -0.129. The molecule has 0 N–H and O–H groups in total. The van der Waals surface area contributed by atoms with Gasteiger partial charge in [-0.2, -0.15) is 5.26 Å². The van der Waals surface area contributed by atoms with Crippen molar-refractivity contribution < 1.29 is 13.9 Å². The minimum atomic E-state index is -1.42. The molecule has 1 aliphatic heterocycles. The third-order valence-electron chi connectivity index (χ3n) is 8.87. The minimum absolute atomic E-state index is 0.0258. The Labute approximate surface area is 208 Å². The Bertz CT molecular complexity index is 1490. The molecule has 0 bridgehead atoms. The number of nitriles is 1. The standard InChI is InChI=1S/C29H25FN4O2/c1-15-20-10-9-19-23(18-5-3-4-6-21(18)30)33-26(17-11-12-32-22(13-17)16-7-8-16)34-24(19)28(20,2)27-29(14-31,36-27)25(15)35/h3-6,11-13,15-16,20,27H,7-10H2,1-2H3/t15-,20-,27+,28-,29-/m1/s1. The highest BCUT2D eigenvalue weighted by atomic mass is 19.1. The van der Waals surface area contributed by atoms with Gasteiger partial charge in [-0.1, -0.05) is 26.0 Å². The van der Waals surface area contributed by atoms with E-state index >= 15 is 4.39 Å². The van der Waals surface area contributed by atoms with E-state index in [1.54, 1.807) is 18.3 Å². The predicted molar refractivity (Wildman–Crippen MR) is 129 cm³/mol. The second kappa shape index (κ2) is 7.27. The van der Waals surface area contributed by atoms with Crippen LogP contribution >= 0.6 is 0 Å². The van der Waals surface area contributed by atoms with Gasteiger partial charge in [0.05, 0.1) is 11.4 Å². The van der Waals surface area contributed by atoms with E-state index < -0.39 is 17.1 Å². The summed E-state index contributed by atoms with van der Waals surface area (Å²) in [6, 6.07) is 12.8. The van der Waals surface area contributed by atoms with Crippen molar-refractivity contribution in [3.63, 3.8) is 0 Å². The lowest BCUT2D eigenvalue weighted by Crippen LogP contribution is -2.56. The number of epoxide rings is 1. The first-order valence-corrected chi connectivity index (χ1v) is 12.6. The van der Waals surface area contributed by atoms with Crippen LogP contribution in [0, 0.1) is 29.0 Å². The second-order valence-electron chi connectivity index (χ2n) is 10.9. The number of halogens is 1. The number of carbonyl (C=O) groups excluding carboxylic acids is 1. The van der Waals surface area contributed by atoms with Crippen LogP contribution in [0.2, 0.25) is 0 Å². The molecule has 1 aromatic carbocycles.